The molecule has 1 aromatic heterocycles. The van der Waals surface area contributed by atoms with Gasteiger partial charge in [0, 0.05) is 35.7 Å². The average Bonchev–Trinajstić information content (AvgIpc) is 3.40. The minimum atomic E-state index is -0.429. The Balaban J connectivity index is 1.54. The molecule has 0 atom stereocenters. The maximum atomic E-state index is 12.6. The van der Waals surface area contributed by atoms with E-state index in [4.69, 9.17) is 0 Å². The van der Waals surface area contributed by atoms with Crippen molar-refractivity contribution < 1.29 is 9.72 Å². The van der Waals surface area contributed by atoms with Crippen molar-refractivity contribution in [1.29, 1.82) is 0 Å². The predicted octanol–water partition coefficient (Wildman–Crippen LogP) is 4.57. The van der Waals surface area contributed by atoms with Crippen LogP contribution in [0.4, 0.5) is 16.5 Å². The summed E-state index contributed by atoms with van der Waals surface area (Å²) in [6.07, 6.45) is 2.04. The van der Waals surface area contributed by atoms with Crippen LogP contribution in [-0.4, -0.2) is 28.9 Å². The molecule has 1 fully saturated rings. The molecule has 3 aromatic rings. The number of hydrogen-bond acceptors (Lipinski definition) is 6. The Hall–Kier alpha value is -3.26. The lowest BCUT2D eigenvalue weighted by Gasteiger charge is -2.17. The second-order valence-corrected chi connectivity index (χ2v) is 7.37. The maximum absolute atomic E-state index is 12.6. The first-order valence-corrected chi connectivity index (χ1v) is 9.85. The number of nitrogens with zero attached hydrogens (tertiary/aromatic N) is 3. The molecule has 7 nitrogen and oxygen atoms in total. The number of thiazole rings is 1. The number of nitro groups is 1. The molecule has 1 N–H and O–H groups in total. The number of carbonyl (C=O) groups is 1. The van der Waals surface area contributed by atoms with Crippen LogP contribution < -0.4 is 10.2 Å². The minimum Gasteiger partial charge on any atom is -0.366 e. The van der Waals surface area contributed by atoms with E-state index >= 15 is 0 Å². The van der Waals surface area contributed by atoms with Gasteiger partial charge in [-0.25, -0.2) is 4.98 Å². The number of amides is 1. The second kappa shape index (κ2) is 7.77. The third-order valence-electron chi connectivity index (χ3n) is 4.68. The summed E-state index contributed by atoms with van der Waals surface area (Å²) in [7, 11) is 0. The zero-order chi connectivity index (χ0) is 19.5. The molecule has 2 heterocycles. The molecule has 0 aliphatic carbocycles. The van der Waals surface area contributed by atoms with Gasteiger partial charge in [-0.2, -0.15) is 0 Å². The number of carbonyl (C=O) groups excluding carboxylic acids is 1. The zero-order valence-corrected chi connectivity index (χ0v) is 15.8. The van der Waals surface area contributed by atoms with Gasteiger partial charge in [-0.1, -0.05) is 30.3 Å². The van der Waals surface area contributed by atoms with E-state index in [1.807, 2.05) is 40.6 Å². The summed E-state index contributed by atoms with van der Waals surface area (Å²) in [5.74, 6) is -0.412. The molecule has 0 saturated carbocycles. The Morgan fingerprint density at radius 2 is 1.89 bits per heavy atom. The van der Waals surface area contributed by atoms with Gasteiger partial charge in [0.2, 0.25) is 0 Å². The Kier molecular flexibility index (Phi) is 5.03. The van der Waals surface area contributed by atoms with Crippen LogP contribution in [0, 0.1) is 10.1 Å². The predicted molar refractivity (Wildman–Crippen MR) is 110 cm³/mol. The van der Waals surface area contributed by atoms with E-state index in [0.29, 0.717) is 10.8 Å². The molecule has 1 saturated heterocycles. The molecule has 2 aromatic carbocycles. The first-order chi connectivity index (χ1) is 13.6. The standard InChI is InChI=1S/C20H18N4O3S/c25-19(22-20-21-16(13-28-20)14-6-2-1-3-7-14)15-8-9-17(18(12-15)24(26)27)23-10-4-5-11-23/h1-3,6-9,12-13H,4-5,10-11H2,(H,21,22,25). The highest BCUT2D eigenvalue weighted by atomic mass is 32.1. The van der Waals surface area contributed by atoms with Crippen molar-refractivity contribution in [2.24, 2.45) is 0 Å². The first-order valence-electron chi connectivity index (χ1n) is 8.97. The average molecular weight is 394 g/mol. The van der Waals surface area contributed by atoms with Gasteiger partial charge in [0.1, 0.15) is 5.69 Å². The fourth-order valence-electron chi connectivity index (χ4n) is 3.28. The summed E-state index contributed by atoms with van der Waals surface area (Å²) in [5, 5.41) is 16.6. The van der Waals surface area contributed by atoms with Gasteiger partial charge in [-0.15, -0.1) is 11.3 Å². The Morgan fingerprint density at radius 3 is 2.61 bits per heavy atom. The van der Waals surface area contributed by atoms with Gasteiger partial charge in [0.15, 0.2) is 5.13 Å². The number of nitrogens with one attached hydrogen (secondary N) is 1. The van der Waals surface area contributed by atoms with Gasteiger partial charge < -0.3 is 4.90 Å². The van der Waals surface area contributed by atoms with Gasteiger partial charge in [-0.3, -0.25) is 20.2 Å². The summed E-state index contributed by atoms with van der Waals surface area (Å²) in [6, 6.07) is 14.3. The number of hydrogen-bond donors (Lipinski definition) is 1. The van der Waals surface area contributed by atoms with E-state index in [1.54, 1.807) is 12.1 Å². The lowest BCUT2D eigenvalue weighted by atomic mass is 10.1. The van der Waals surface area contributed by atoms with Crippen LogP contribution in [0.15, 0.2) is 53.9 Å². The third-order valence-corrected chi connectivity index (χ3v) is 5.43. The molecular weight excluding hydrogens is 376 g/mol. The molecule has 0 unspecified atom stereocenters. The lowest BCUT2D eigenvalue weighted by molar-refractivity contribution is -0.384. The highest BCUT2D eigenvalue weighted by Gasteiger charge is 2.24. The van der Waals surface area contributed by atoms with Crippen LogP contribution in [-0.2, 0) is 0 Å². The Morgan fingerprint density at radius 1 is 1.14 bits per heavy atom. The van der Waals surface area contributed by atoms with E-state index < -0.39 is 10.8 Å². The van der Waals surface area contributed by atoms with E-state index in [9.17, 15) is 14.9 Å². The van der Waals surface area contributed by atoms with E-state index in [2.05, 4.69) is 10.3 Å². The molecular formula is C20H18N4O3S. The minimum absolute atomic E-state index is 0.0429. The lowest BCUT2D eigenvalue weighted by Crippen LogP contribution is -2.19. The summed E-state index contributed by atoms with van der Waals surface area (Å²) in [4.78, 5) is 30.1. The normalized spacial score (nSPS) is 13.5. The van der Waals surface area contributed by atoms with Crippen molar-refractivity contribution in [3.8, 4) is 11.3 Å². The van der Waals surface area contributed by atoms with Gasteiger partial charge in [0.25, 0.3) is 11.6 Å². The summed E-state index contributed by atoms with van der Waals surface area (Å²) in [5.41, 5.74) is 2.51. The number of aromatic nitrogens is 1. The highest BCUT2D eigenvalue weighted by Crippen LogP contribution is 2.32. The van der Waals surface area contributed by atoms with Gasteiger partial charge >= 0.3 is 0 Å². The van der Waals surface area contributed by atoms with Crippen LogP contribution in [0.2, 0.25) is 0 Å². The summed E-state index contributed by atoms with van der Waals surface area (Å²) in [6.45, 7) is 1.60. The second-order valence-electron chi connectivity index (χ2n) is 6.51. The quantitative estimate of drug-likeness (QED) is 0.506. The zero-order valence-electron chi connectivity index (χ0n) is 15.0. The van der Waals surface area contributed by atoms with Crippen molar-refractivity contribution in [2.75, 3.05) is 23.3 Å². The maximum Gasteiger partial charge on any atom is 0.293 e. The number of benzene rings is 2. The highest BCUT2D eigenvalue weighted by molar-refractivity contribution is 7.14. The Bertz CT molecular complexity index is 1010. The molecule has 4 rings (SSSR count). The molecule has 1 aliphatic heterocycles. The van der Waals surface area contributed by atoms with Crippen LogP contribution >= 0.6 is 11.3 Å². The molecule has 28 heavy (non-hydrogen) atoms. The number of rotatable bonds is 5. The van der Waals surface area contributed by atoms with E-state index in [-0.39, 0.29) is 11.3 Å². The van der Waals surface area contributed by atoms with Crippen molar-refractivity contribution in [2.45, 2.75) is 12.8 Å². The molecule has 142 valence electrons. The molecule has 0 bridgehead atoms. The SMILES string of the molecule is O=C(Nc1nc(-c2ccccc2)cs1)c1ccc(N2CCCC2)c([N+](=O)[O-])c1. The monoisotopic (exact) mass is 394 g/mol. The van der Waals surface area contributed by atoms with Crippen molar-refractivity contribution in [3.63, 3.8) is 0 Å². The van der Waals surface area contributed by atoms with Crippen molar-refractivity contribution in [3.05, 3.63) is 69.6 Å². The molecule has 1 amide bonds. The van der Waals surface area contributed by atoms with Crippen LogP contribution in [0.1, 0.15) is 23.2 Å². The summed E-state index contributed by atoms with van der Waals surface area (Å²) >= 11 is 1.32. The topological polar surface area (TPSA) is 88.4 Å². The number of anilines is 2. The van der Waals surface area contributed by atoms with Crippen LogP contribution in [0.25, 0.3) is 11.3 Å². The molecule has 1 aliphatic rings. The van der Waals surface area contributed by atoms with Crippen LogP contribution in [0.5, 0.6) is 0 Å². The first kappa shape index (κ1) is 18.1. The number of nitro benzene ring substituents is 1. The van der Waals surface area contributed by atoms with E-state index in [0.717, 1.165) is 37.2 Å². The van der Waals surface area contributed by atoms with Crippen LogP contribution in [0.3, 0.4) is 0 Å². The molecule has 0 spiro atoms. The third kappa shape index (κ3) is 3.72. The largest absolute Gasteiger partial charge is 0.366 e. The Labute approximate surface area is 165 Å². The van der Waals surface area contributed by atoms with Crippen molar-refractivity contribution >= 4 is 33.8 Å². The summed E-state index contributed by atoms with van der Waals surface area (Å²) < 4.78 is 0. The molecule has 8 heteroatoms. The van der Waals surface area contributed by atoms with E-state index in [1.165, 1.54) is 17.4 Å². The van der Waals surface area contributed by atoms with Gasteiger partial charge in [0.05, 0.1) is 10.6 Å². The fourth-order valence-corrected chi connectivity index (χ4v) is 3.99. The van der Waals surface area contributed by atoms with Crippen molar-refractivity contribution in [1.82, 2.24) is 4.98 Å². The van der Waals surface area contributed by atoms with Gasteiger partial charge in [-0.05, 0) is 25.0 Å². The fraction of sp³-hybridized carbons (Fsp3) is 0.200. The molecule has 0 radical (unpaired) electrons. The smallest absolute Gasteiger partial charge is 0.293 e.